The zero-order valence-electron chi connectivity index (χ0n) is 16.6. The van der Waals surface area contributed by atoms with Gasteiger partial charge in [0.1, 0.15) is 0 Å². The second-order valence-corrected chi connectivity index (χ2v) is 6.26. The number of hydrogen-bond donors (Lipinski definition) is 3. The van der Waals surface area contributed by atoms with E-state index in [4.69, 9.17) is 9.85 Å². The van der Waals surface area contributed by atoms with E-state index < -0.39 is 12.4 Å². The van der Waals surface area contributed by atoms with E-state index in [0.29, 0.717) is 12.8 Å². The summed E-state index contributed by atoms with van der Waals surface area (Å²) in [6.07, 6.45) is 7.77. The number of rotatable bonds is 12. The SMILES string of the molecule is [2H]C([2H])([2H])CCCCCCCc1ccc(CCC(N)(CO)CO)cc1. The van der Waals surface area contributed by atoms with Gasteiger partial charge < -0.3 is 15.9 Å². The van der Waals surface area contributed by atoms with Gasteiger partial charge in [0.15, 0.2) is 0 Å². The zero-order chi connectivity index (χ0) is 18.8. The van der Waals surface area contributed by atoms with Crippen molar-refractivity contribution < 1.29 is 14.3 Å². The van der Waals surface area contributed by atoms with E-state index >= 15 is 0 Å². The highest BCUT2D eigenvalue weighted by molar-refractivity contribution is 5.23. The quantitative estimate of drug-likeness (QED) is 0.519. The minimum absolute atomic E-state index is 0.214. The third-order valence-corrected chi connectivity index (χ3v) is 4.21. The molecule has 0 aromatic heterocycles. The van der Waals surface area contributed by atoms with E-state index in [1.807, 2.05) is 0 Å². The van der Waals surface area contributed by atoms with Crippen LogP contribution >= 0.6 is 0 Å². The lowest BCUT2D eigenvalue weighted by molar-refractivity contribution is 0.115. The van der Waals surface area contributed by atoms with E-state index in [9.17, 15) is 10.2 Å². The Bertz CT molecular complexity index is 471. The van der Waals surface area contributed by atoms with Crippen molar-refractivity contribution in [2.75, 3.05) is 13.2 Å². The van der Waals surface area contributed by atoms with E-state index in [0.717, 1.165) is 50.5 Å². The second-order valence-electron chi connectivity index (χ2n) is 6.26. The van der Waals surface area contributed by atoms with Gasteiger partial charge in [-0.2, -0.15) is 0 Å². The molecule has 0 saturated carbocycles. The molecule has 22 heavy (non-hydrogen) atoms. The molecule has 3 heteroatoms. The van der Waals surface area contributed by atoms with Crippen LogP contribution in [0.1, 0.15) is 67.0 Å². The van der Waals surface area contributed by atoms with Crippen LogP contribution in [-0.4, -0.2) is 29.0 Å². The Morgan fingerprint density at radius 3 is 2.05 bits per heavy atom. The van der Waals surface area contributed by atoms with E-state index in [-0.39, 0.29) is 13.2 Å². The number of aryl methyl sites for hydroxylation is 2. The standard InChI is InChI=1S/C19H33NO2/c1-2-3-4-5-6-7-8-17-9-11-18(12-10-17)13-14-19(20,15-21)16-22/h9-12,21-22H,2-8,13-16,20H2,1H3/i1D3. The molecule has 1 aromatic rings. The van der Waals surface area contributed by atoms with Crippen molar-refractivity contribution >= 4 is 0 Å². The van der Waals surface area contributed by atoms with Gasteiger partial charge in [-0.3, -0.25) is 0 Å². The van der Waals surface area contributed by atoms with Gasteiger partial charge in [0.25, 0.3) is 0 Å². The molecule has 0 heterocycles. The van der Waals surface area contributed by atoms with Crippen LogP contribution in [0.4, 0.5) is 0 Å². The monoisotopic (exact) mass is 310 g/mol. The van der Waals surface area contributed by atoms with E-state index in [1.165, 1.54) is 5.56 Å². The van der Waals surface area contributed by atoms with Gasteiger partial charge in [0.05, 0.1) is 18.8 Å². The normalized spacial score (nSPS) is 14.4. The maximum absolute atomic E-state index is 9.21. The van der Waals surface area contributed by atoms with Gasteiger partial charge in [-0.15, -0.1) is 0 Å². The minimum atomic E-state index is -1.78. The van der Waals surface area contributed by atoms with Gasteiger partial charge >= 0.3 is 0 Å². The third-order valence-electron chi connectivity index (χ3n) is 4.21. The number of benzene rings is 1. The van der Waals surface area contributed by atoms with Crippen molar-refractivity contribution in [2.45, 2.75) is 70.2 Å². The minimum Gasteiger partial charge on any atom is -0.394 e. The second kappa shape index (κ2) is 10.8. The van der Waals surface area contributed by atoms with Gasteiger partial charge in [0, 0.05) is 4.11 Å². The Morgan fingerprint density at radius 2 is 1.45 bits per heavy atom. The van der Waals surface area contributed by atoms with Crippen LogP contribution < -0.4 is 5.73 Å². The number of nitrogens with two attached hydrogens (primary N) is 1. The van der Waals surface area contributed by atoms with Crippen molar-refractivity contribution in [1.29, 1.82) is 0 Å². The lowest BCUT2D eigenvalue weighted by Crippen LogP contribution is -2.47. The Labute approximate surface area is 139 Å². The molecule has 0 aliphatic rings. The molecule has 0 unspecified atom stereocenters. The molecule has 0 aliphatic heterocycles. The lowest BCUT2D eigenvalue weighted by Gasteiger charge is -2.24. The summed E-state index contributed by atoms with van der Waals surface area (Å²) in [4.78, 5) is 0. The molecular formula is C19H33NO2. The highest BCUT2D eigenvalue weighted by Gasteiger charge is 2.22. The summed E-state index contributed by atoms with van der Waals surface area (Å²) in [6, 6.07) is 8.42. The van der Waals surface area contributed by atoms with Crippen molar-refractivity contribution in [2.24, 2.45) is 5.73 Å². The molecule has 0 aliphatic carbocycles. The Kier molecular flexibility index (Phi) is 7.18. The van der Waals surface area contributed by atoms with Crippen LogP contribution in [0.2, 0.25) is 0 Å². The van der Waals surface area contributed by atoms with Gasteiger partial charge in [0.2, 0.25) is 0 Å². The van der Waals surface area contributed by atoms with Gasteiger partial charge in [-0.25, -0.2) is 0 Å². The first kappa shape index (κ1) is 14.7. The molecule has 1 aromatic carbocycles. The molecule has 0 bridgehead atoms. The van der Waals surface area contributed by atoms with Crippen molar-refractivity contribution in [3.8, 4) is 0 Å². The molecule has 4 N–H and O–H groups in total. The summed E-state index contributed by atoms with van der Waals surface area (Å²) >= 11 is 0. The molecule has 0 spiro atoms. The smallest absolute Gasteiger partial charge is 0.0633 e. The summed E-state index contributed by atoms with van der Waals surface area (Å²) in [5.74, 6) is 0. The predicted octanol–water partition coefficient (Wildman–Crippen LogP) is 3.20. The van der Waals surface area contributed by atoms with Crippen LogP contribution in [0.3, 0.4) is 0 Å². The molecule has 0 saturated heterocycles. The molecule has 1 rings (SSSR count). The topological polar surface area (TPSA) is 66.5 Å². The highest BCUT2D eigenvalue weighted by atomic mass is 16.3. The van der Waals surface area contributed by atoms with E-state index in [2.05, 4.69) is 24.3 Å². The first-order valence-electron chi connectivity index (χ1n) is 9.86. The summed E-state index contributed by atoms with van der Waals surface area (Å²) in [5.41, 5.74) is 7.44. The number of hydrogen-bond acceptors (Lipinski definition) is 3. The highest BCUT2D eigenvalue weighted by Crippen LogP contribution is 2.14. The van der Waals surface area contributed by atoms with Crippen molar-refractivity contribution in [1.82, 2.24) is 0 Å². The van der Waals surface area contributed by atoms with Crippen LogP contribution in [0.25, 0.3) is 0 Å². The molecule has 0 radical (unpaired) electrons. The fourth-order valence-corrected chi connectivity index (χ4v) is 2.46. The Balaban J connectivity index is 2.20. The molecule has 0 fully saturated rings. The van der Waals surface area contributed by atoms with Gasteiger partial charge in [-0.1, -0.05) is 63.2 Å². The van der Waals surface area contributed by atoms with Crippen molar-refractivity contribution in [3.63, 3.8) is 0 Å². The Morgan fingerprint density at radius 1 is 0.909 bits per heavy atom. The third kappa shape index (κ3) is 7.39. The molecule has 3 nitrogen and oxygen atoms in total. The molecular weight excluding hydrogens is 274 g/mol. The lowest BCUT2D eigenvalue weighted by atomic mass is 9.93. The first-order chi connectivity index (χ1) is 11.8. The number of aliphatic hydroxyl groups is 2. The van der Waals surface area contributed by atoms with Crippen LogP contribution in [0.5, 0.6) is 0 Å². The predicted molar refractivity (Wildman–Crippen MR) is 92.9 cm³/mol. The average Bonchev–Trinajstić information content (AvgIpc) is 2.59. The zero-order valence-corrected chi connectivity index (χ0v) is 13.6. The van der Waals surface area contributed by atoms with Gasteiger partial charge in [-0.05, 0) is 36.8 Å². The van der Waals surface area contributed by atoms with Crippen molar-refractivity contribution in [3.05, 3.63) is 35.4 Å². The largest absolute Gasteiger partial charge is 0.394 e. The molecule has 0 amide bonds. The number of aliphatic hydroxyl groups excluding tert-OH is 2. The summed E-state index contributed by atoms with van der Waals surface area (Å²) in [6.45, 7) is -2.21. The number of unbranched alkanes of at least 4 members (excludes halogenated alkanes) is 4. The molecule has 0 atom stereocenters. The summed E-state index contributed by atoms with van der Waals surface area (Å²) < 4.78 is 21.5. The maximum Gasteiger partial charge on any atom is 0.0633 e. The van der Waals surface area contributed by atoms with Crippen LogP contribution in [0, 0.1) is 0 Å². The fraction of sp³-hybridized carbons (Fsp3) is 0.684. The summed E-state index contributed by atoms with van der Waals surface area (Å²) in [5, 5.41) is 18.4. The van der Waals surface area contributed by atoms with Crippen LogP contribution in [0.15, 0.2) is 24.3 Å². The first-order valence-corrected chi connectivity index (χ1v) is 8.36. The fourth-order valence-electron chi connectivity index (χ4n) is 2.46. The molecule has 126 valence electrons. The van der Waals surface area contributed by atoms with Crippen LogP contribution in [-0.2, 0) is 12.8 Å². The summed E-state index contributed by atoms with van der Waals surface area (Å²) in [7, 11) is 0. The maximum atomic E-state index is 9.21. The van der Waals surface area contributed by atoms with E-state index in [1.54, 1.807) is 0 Å². The Hall–Kier alpha value is -0.900. The average molecular weight is 310 g/mol.